The predicted molar refractivity (Wildman–Crippen MR) is 79.8 cm³/mol. The van der Waals surface area contributed by atoms with Gasteiger partial charge in [-0.25, -0.2) is 8.78 Å². The molecule has 0 aliphatic carbocycles. The number of hydrogen-bond donors (Lipinski definition) is 2. The molecule has 1 aromatic heterocycles. The van der Waals surface area contributed by atoms with Crippen LogP contribution >= 0.6 is 0 Å². The fraction of sp³-hybridized carbons (Fsp3) is 0.250. The molecule has 23 heavy (non-hydrogen) atoms. The Kier molecular flexibility index (Phi) is 3.96. The largest absolute Gasteiger partial charge is 0.391 e. The number of pyridine rings is 1. The summed E-state index contributed by atoms with van der Waals surface area (Å²) in [6.45, 7) is 0.239. The average molecular weight is 319 g/mol. The molecule has 0 radical (unpaired) electrons. The number of aromatic nitrogens is 1. The van der Waals surface area contributed by atoms with Gasteiger partial charge in [0.25, 0.3) is 5.91 Å². The lowest BCUT2D eigenvalue weighted by Crippen LogP contribution is -2.25. The van der Waals surface area contributed by atoms with E-state index in [0.717, 1.165) is 18.2 Å². The van der Waals surface area contributed by atoms with E-state index < -0.39 is 29.7 Å². The molecule has 3 rings (SSSR count). The van der Waals surface area contributed by atoms with Crippen LogP contribution < -0.4 is 10.6 Å². The molecule has 1 amide bonds. The monoisotopic (exact) mass is 319 g/mol. The van der Waals surface area contributed by atoms with Gasteiger partial charge in [0.05, 0.1) is 12.1 Å². The number of hydrogen-bond acceptors (Lipinski definition) is 4. The van der Waals surface area contributed by atoms with Crippen molar-refractivity contribution in [1.82, 2.24) is 4.98 Å². The number of halogens is 2. The van der Waals surface area contributed by atoms with Gasteiger partial charge in [-0.15, -0.1) is 0 Å². The van der Waals surface area contributed by atoms with Crippen molar-refractivity contribution in [2.24, 2.45) is 5.73 Å². The van der Waals surface area contributed by atoms with E-state index in [1.54, 1.807) is 11.0 Å². The standard InChI is InChI=1S/C16H15F2N3O2/c17-9-1-2-13(18)12(5-9)15-7-11(22)8-21(15)10-3-4-20-14(6-10)16(19)23/h1-6,11,15,22H,7-8H2,(H2,19,23)/t11-,15+/m1/s1. The first-order chi connectivity index (χ1) is 11.0. The van der Waals surface area contributed by atoms with Gasteiger partial charge < -0.3 is 15.7 Å². The van der Waals surface area contributed by atoms with Crippen molar-refractivity contribution in [1.29, 1.82) is 0 Å². The highest BCUT2D eigenvalue weighted by Crippen LogP contribution is 2.37. The number of carbonyl (C=O) groups is 1. The van der Waals surface area contributed by atoms with Gasteiger partial charge in [-0.2, -0.15) is 0 Å². The third kappa shape index (κ3) is 3.00. The lowest BCUT2D eigenvalue weighted by Gasteiger charge is -2.27. The molecule has 1 aliphatic heterocycles. The van der Waals surface area contributed by atoms with E-state index in [1.165, 1.54) is 12.3 Å². The maximum absolute atomic E-state index is 14.1. The smallest absolute Gasteiger partial charge is 0.267 e. The van der Waals surface area contributed by atoms with Gasteiger partial charge in [0.1, 0.15) is 17.3 Å². The van der Waals surface area contributed by atoms with Crippen LogP contribution in [0.4, 0.5) is 14.5 Å². The van der Waals surface area contributed by atoms with Crippen molar-refractivity contribution in [2.75, 3.05) is 11.4 Å². The average Bonchev–Trinajstić information content (AvgIpc) is 2.91. The van der Waals surface area contributed by atoms with Gasteiger partial charge in [-0.05, 0) is 36.8 Å². The number of anilines is 1. The molecule has 1 fully saturated rings. The topological polar surface area (TPSA) is 79.5 Å². The maximum atomic E-state index is 14.1. The molecule has 2 atom stereocenters. The highest BCUT2D eigenvalue weighted by atomic mass is 19.1. The van der Waals surface area contributed by atoms with Gasteiger partial charge in [-0.1, -0.05) is 0 Å². The van der Waals surface area contributed by atoms with Gasteiger partial charge in [-0.3, -0.25) is 9.78 Å². The lowest BCUT2D eigenvalue weighted by molar-refractivity contribution is 0.0995. The molecular formula is C16H15F2N3O2. The predicted octanol–water partition coefficient (Wildman–Crippen LogP) is 1.77. The summed E-state index contributed by atoms with van der Waals surface area (Å²) in [7, 11) is 0. The third-order valence-corrected chi connectivity index (χ3v) is 3.92. The van der Waals surface area contributed by atoms with Crippen molar-refractivity contribution in [3.63, 3.8) is 0 Å². The molecule has 2 heterocycles. The molecule has 0 bridgehead atoms. The summed E-state index contributed by atoms with van der Waals surface area (Å²) in [5, 5.41) is 9.97. The molecule has 1 aromatic carbocycles. The van der Waals surface area contributed by atoms with Crippen LogP contribution in [0.15, 0.2) is 36.5 Å². The summed E-state index contributed by atoms with van der Waals surface area (Å²) >= 11 is 0. The highest BCUT2D eigenvalue weighted by molar-refractivity contribution is 5.91. The SMILES string of the molecule is NC(=O)c1cc(N2C[C@H](O)C[C@H]2c2cc(F)ccc2F)ccn1. The number of aliphatic hydroxyl groups is 1. The Morgan fingerprint density at radius 2 is 2.09 bits per heavy atom. The van der Waals surface area contributed by atoms with Crippen LogP contribution in [0.2, 0.25) is 0 Å². The molecule has 0 spiro atoms. The fourth-order valence-corrected chi connectivity index (χ4v) is 2.90. The van der Waals surface area contributed by atoms with Crippen molar-refractivity contribution < 1.29 is 18.7 Å². The second kappa shape index (κ2) is 5.92. The second-order valence-electron chi connectivity index (χ2n) is 5.49. The van der Waals surface area contributed by atoms with Crippen molar-refractivity contribution in [3.8, 4) is 0 Å². The highest BCUT2D eigenvalue weighted by Gasteiger charge is 2.34. The first kappa shape index (κ1) is 15.4. The number of primary amides is 1. The lowest BCUT2D eigenvalue weighted by atomic mass is 10.0. The number of nitrogens with zero attached hydrogens (tertiary/aromatic N) is 2. The number of nitrogens with two attached hydrogens (primary N) is 1. The van der Waals surface area contributed by atoms with E-state index in [1.807, 2.05) is 0 Å². The zero-order valence-electron chi connectivity index (χ0n) is 12.1. The van der Waals surface area contributed by atoms with Gasteiger partial charge in [0.15, 0.2) is 0 Å². The zero-order valence-corrected chi connectivity index (χ0v) is 12.1. The minimum atomic E-state index is -0.687. The zero-order chi connectivity index (χ0) is 16.6. The van der Waals surface area contributed by atoms with Crippen molar-refractivity contribution in [3.05, 3.63) is 59.4 Å². The minimum Gasteiger partial charge on any atom is -0.391 e. The summed E-state index contributed by atoms with van der Waals surface area (Å²) in [4.78, 5) is 16.8. The molecule has 1 aliphatic rings. The molecule has 2 aromatic rings. The molecule has 1 saturated heterocycles. The van der Waals surface area contributed by atoms with Crippen LogP contribution in [-0.4, -0.2) is 28.6 Å². The molecule has 5 nitrogen and oxygen atoms in total. The quantitative estimate of drug-likeness (QED) is 0.904. The van der Waals surface area contributed by atoms with Crippen LogP contribution in [0, 0.1) is 11.6 Å². The summed E-state index contributed by atoms with van der Waals surface area (Å²) in [6.07, 6.45) is 0.987. The maximum Gasteiger partial charge on any atom is 0.267 e. The molecule has 120 valence electrons. The molecular weight excluding hydrogens is 304 g/mol. The van der Waals surface area contributed by atoms with E-state index >= 15 is 0 Å². The Bertz CT molecular complexity index is 754. The summed E-state index contributed by atoms with van der Waals surface area (Å²) in [5.74, 6) is -1.77. The number of aliphatic hydroxyl groups excluding tert-OH is 1. The molecule has 0 saturated carbocycles. The molecule has 7 heteroatoms. The van der Waals surface area contributed by atoms with E-state index in [-0.39, 0.29) is 24.2 Å². The fourth-order valence-electron chi connectivity index (χ4n) is 2.90. The third-order valence-electron chi connectivity index (χ3n) is 3.92. The number of carbonyl (C=O) groups excluding carboxylic acids is 1. The molecule has 0 unspecified atom stereocenters. The number of β-amino-alcohol motifs (C(OH)–C–C–N with tert-alkyl or cyclic N) is 1. The van der Waals surface area contributed by atoms with Crippen LogP contribution in [-0.2, 0) is 0 Å². The summed E-state index contributed by atoms with van der Waals surface area (Å²) in [6, 6.07) is 5.81. The number of benzene rings is 1. The van der Waals surface area contributed by atoms with Crippen LogP contribution in [0.25, 0.3) is 0 Å². The Morgan fingerprint density at radius 1 is 1.30 bits per heavy atom. The van der Waals surface area contributed by atoms with Crippen molar-refractivity contribution >= 4 is 11.6 Å². The van der Waals surface area contributed by atoms with Crippen LogP contribution in [0.3, 0.4) is 0 Å². The van der Waals surface area contributed by atoms with E-state index in [4.69, 9.17) is 5.73 Å². The van der Waals surface area contributed by atoms with Gasteiger partial charge >= 0.3 is 0 Å². The minimum absolute atomic E-state index is 0.0716. The van der Waals surface area contributed by atoms with Crippen LogP contribution in [0.1, 0.15) is 28.5 Å². The Balaban J connectivity index is 2.01. The molecule has 3 N–H and O–H groups in total. The van der Waals surface area contributed by atoms with Gasteiger partial charge in [0.2, 0.25) is 0 Å². The van der Waals surface area contributed by atoms with Gasteiger partial charge in [0, 0.05) is 24.0 Å². The summed E-state index contributed by atoms with van der Waals surface area (Å²) < 4.78 is 27.6. The normalized spacial score (nSPS) is 20.7. The van der Waals surface area contributed by atoms with E-state index in [2.05, 4.69) is 4.98 Å². The van der Waals surface area contributed by atoms with Crippen molar-refractivity contribution in [2.45, 2.75) is 18.6 Å². The second-order valence-corrected chi connectivity index (χ2v) is 5.49. The first-order valence-electron chi connectivity index (χ1n) is 7.11. The Labute approximate surface area is 131 Å². The first-order valence-corrected chi connectivity index (χ1v) is 7.11. The Morgan fingerprint density at radius 3 is 2.83 bits per heavy atom. The van der Waals surface area contributed by atoms with E-state index in [9.17, 15) is 18.7 Å². The number of amides is 1. The summed E-state index contributed by atoms with van der Waals surface area (Å²) in [5.41, 5.74) is 6.03. The Hall–Kier alpha value is -2.54. The van der Waals surface area contributed by atoms with Crippen LogP contribution in [0.5, 0.6) is 0 Å². The number of rotatable bonds is 3. The van der Waals surface area contributed by atoms with E-state index in [0.29, 0.717) is 5.69 Å².